The summed E-state index contributed by atoms with van der Waals surface area (Å²) < 4.78 is 23.7. The molecule has 46 heavy (non-hydrogen) atoms. The number of benzene rings is 2. The van der Waals surface area contributed by atoms with E-state index in [0.717, 1.165) is 73.0 Å². The van der Waals surface area contributed by atoms with Crippen molar-refractivity contribution in [2.45, 2.75) is 83.7 Å². The molecule has 0 fully saturated rings. The highest BCUT2D eigenvalue weighted by Crippen LogP contribution is 2.31. The summed E-state index contributed by atoms with van der Waals surface area (Å²) in [6.07, 6.45) is 17.6. The number of rotatable bonds is 20. The molecule has 0 bridgehead atoms. The maximum absolute atomic E-state index is 11.3. The molecule has 1 aliphatic carbocycles. The van der Waals surface area contributed by atoms with Gasteiger partial charge in [0.25, 0.3) is 0 Å². The molecule has 0 saturated carbocycles. The van der Waals surface area contributed by atoms with Crippen molar-refractivity contribution in [3.05, 3.63) is 101 Å². The van der Waals surface area contributed by atoms with Gasteiger partial charge in [-0.05, 0) is 85.9 Å². The molecule has 0 radical (unpaired) electrons. The Bertz CT molecular complexity index is 1450. The largest absolute Gasteiger partial charge is 0.494 e. The van der Waals surface area contributed by atoms with E-state index in [1.54, 1.807) is 12.5 Å². The van der Waals surface area contributed by atoms with Crippen molar-refractivity contribution in [2.75, 3.05) is 13.2 Å². The highest BCUT2D eigenvalue weighted by atomic mass is 16.5. The number of hydrogen-bond donors (Lipinski definition) is 3. The number of hydrogen-bond acceptors (Lipinski definition) is 7. The molecule has 0 aromatic heterocycles. The van der Waals surface area contributed by atoms with E-state index in [-0.39, 0.29) is 26.1 Å². The van der Waals surface area contributed by atoms with Gasteiger partial charge in [-0.25, -0.2) is 0 Å². The summed E-state index contributed by atoms with van der Waals surface area (Å²) in [6, 6.07) is 11.3. The van der Waals surface area contributed by atoms with Crippen molar-refractivity contribution in [2.24, 2.45) is 0 Å². The summed E-state index contributed by atoms with van der Waals surface area (Å²) in [5.74, 6) is 0.861. The summed E-state index contributed by atoms with van der Waals surface area (Å²) in [7, 11) is 0. The first-order chi connectivity index (χ1) is 22.4. The normalized spacial score (nSPS) is 14.0. The molecule has 246 valence electrons. The molecule has 1 heterocycles. The summed E-state index contributed by atoms with van der Waals surface area (Å²) in [6.45, 7) is 0.676. The third-order valence-electron chi connectivity index (χ3n) is 7.77. The van der Waals surface area contributed by atoms with Crippen LogP contribution in [0.4, 0.5) is 0 Å². The van der Waals surface area contributed by atoms with Crippen LogP contribution in [0.5, 0.6) is 11.5 Å². The molecule has 9 nitrogen and oxygen atoms in total. The number of aliphatic carboxylic acids is 2. The van der Waals surface area contributed by atoms with Crippen LogP contribution in [0.1, 0.15) is 86.5 Å². The van der Waals surface area contributed by atoms with E-state index < -0.39 is 11.9 Å². The lowest BCUT2D eigenvalue weighted by Crippen LogP contribution is -2.07. The Hall–Kier alpha value is -4.50. The molecule has 0 amide bonds. The van der Waals surface area contributed by atoms with Crippen LogP contribution >= 0.6 is 0 Å². The number of unbranched alkanes of at least 4 members (excludes halogenated alkanes) is 3. The predicted molar refractivity (Wildman–Crippen MR) is 174 cm³/mol. The van der Waals surface area contributed by atoms with Crippen molar-refractivity contribution >= 4 is 17.7 Å². The second-order valence-electron chi connectivity index (χ2n) is 11.4. The fraction of sp³-hybridized carbons (Fsp3) is 0.405. The number of aliphatic hydroxyl groups excluding tert-OH is 1. The number of ether oxygens (including phenoxy) is 4. The molecule has 2 aromatic rings. The molecule has 4 rings (SSSR count). The van der Waals surface area contributed by atoms with Crippen LogP contribution in [0.25, 0.3) is 5.76 Å². The van der Waals surface area contributed by atoms with Crippen molar-refractivity contribution in [1.82, 2.24) is 0 Å². The van der Waals surface area contributed by atoms with Gasteiger partial charge in [0.1, 0.15) is 29.8 Å². The highest BCUT2D eigenvalue weighted by Gasteiger charge is 2.16. The molecule has 0 unspecified atom stereocenters. The minimum absolute atomic E-state index is 0.00339. The second kappa shape index (κ2) is 18.5. The number of aliphatic hydroxyl groups is 1. The van der Waals surface area contributed by atoms with Crippen molar-refractivity contribution in [3.8, 4) is 11.5 Å². The molecule has 3 N–H and O–H groups in total. The Balaban J connectivity index is 1.24. The lowest BCUT2D eigenvalue weighted by molar-refractivity contribution is -0.138. The Morgan fingerprint density at radius 3 is 2.48 bits per heavy atom. The zero-order valence-corrected chi connectivity index (χ0v) is 26.2. The zero-order valence-electron chi connectivity index (χ0n) is 26.2. The third-order valence-corrected chi connectivity index (χ3v) is 7.77. The molecule has 0 saturated heterocycles. The summed E-state index contributed by atoms with van der Waals surface area (Å²) in [5, 5.41) is 28.0. The lowest BCUT2D eigenvalue weighted by Gasteiger charge is -2.19. The summed E-state index contributed by atoms with van der Waals surface area (Å²) in [4.78, 5) is 22.1. The van der Waals surface area contributed by atoms with Gasteiger partial charge in [0.2, 0.25) is 0 Å². The number of allylic oxidation sites excluding steroid dienone is 4. The topological polar surface area (TPSA) is 132 Å². The van der Waals surface area contributed by atoms with Crippen LogP contribution in [-0.4, -0.2) is 40.5 Å². The molecular formula is C37H44O9. The third kappa shape index (κ3) is 11.5. The van der Waals surface area contributed by atoms with Crippen LogP contribution in [0.15, 0.2) is 78.5 Å². The van der Waals surface area contributed by atoms with Crippen LogP contribution < -0.4 is 9.47 Å². The number of carbonyl (C=O) groups is 2. The van der Waals surface area contributed by atoms with E-state index in [1.165, 1.54) is 5.57 Å². The smallest absolute Gasteiger partial charge is 0.303 e. The Morgan fingerprint density at radius 1 is 0.870 bits per heavy atom. The Kier molecular flexibility index (Phi) is 13.8. The van der Waals surface area contributed by atoms with Crippen molar-refractivity contribution in [1.29, 1.82) is 0 Å². The van der Waals surface area contributed by atoms with Gasteiger partial charge in [-0.3, -0.25) is 9.59 Å². The van der Waals surface area contributed by atoms with E-state index in [0.29, 0.717) is 43.1 Å². The molecule has 9 heteroatoms. The van der Waals surface area contributed by atoms with Gasteiger partial charge >= 0.3 is 11.9 Å². The number of aryl methyl sites for hydroxylation is 1. The van der Waals surface area contributed by atoms with Crippen LogP contribution in [0.3, 0.4) is 0 Å². The van der Waals surface area contributed by atoms with Crippen LogP contribution in [0.2, 0.25) is 0 Å². The SMILES string of the molecule is O=C(O)CCCOc1cccc(CCCCCCOc2cc(CO)cc(C3=COC=C(CC4=CC=CCC4)O3)c2)c1CCC(=O)O. The molecular weight excluding hydrogens is 588 g/mol. The van der Waals surface area contributed by atoms with Crippen molar-refractivity contribution in [3.63, 3.8) is 0 Å². The fourth-order valence-electron chi connectivity index (χ4n) is 5.43. The van der Waals surface area contributed by atoms with Gasteiger partial charge in [-0.1, -0.05) is 48.8 Å². The van der Waals surface area contributed by atoms with Crippen LogP contribution in [0, 0.1) is 0 Å². The van der Waals surface area contributed by atoms with E-state index in [1.807, 2.05) is 36.4 Å². The first-order valence-corrected chi connectivity index (χ1v) is 16.0. The molecule has 2 aromatic carbocycles. The first-order valence-electron chi connectivity index (χ1n) is 16.0. The van der Waals surface area contributed by atoms with Gasteiger partial charge in [0.15, 0.2) is 5.76 Å². The van der Waals surface area contributed by atoms with E-state index in [4.69, 9.17) is 24.1 Å². The average molecular weight is 633 g/mol. The number of carboxylic acids is 2. The highest BCUT2D eigenvalue weighted by molar-refractivity contribution is 5.67. The quantitative estimate of drug-likeness (QED) is 0.127. The maximum atomic E-state index is 11.3. The molecule has 0 atom stereocenters. The monoisotopic (exact) mass is 632 g/mol. The predicted octanol–water partition coefficient (Wildman–Crippen LogP) is 7.47. The van der Waals surface area contributed by atoms with E-state index in [9.17, 15) is 19.8 Å². The second-order valence-corrected chi connectivity index (χ2v) is 11.4. The standard InChI is InChI=1S/C37H44O9/c38-24-28-20-30(35-26-43-25-32(46-35)21-27-10-4-3-5-11-27)23-31(22-28)44-18-7-2-1-6-12-29-13-8-14-34(33(29)16-17-37(41)42)45-19-9-15-36(39)40/h3-4,8,10,13-14,20,22-23,25-26,38H,1-2,5-7,9,11-12,15-19,21,24H2,(H,39,40)(H,41,42). The summed E-state index contributed by atoms with van der Waals surface area (Å²) in [5.41, 5.74) is 4.74. The lowest BCUT2D eigenvalue weighted by atomic mass is 9.97. The van der Waals surface area contributed by atoms with Crippen LogP contribution in [-0.2, 0) is 38.5 Å². The minimum Gasteiger partial charge on any atom is -0.494 e. The van der Waals surface area contributed by atoms with Gasteiger partial charge in [0.05, 0.1) is 19.8 Å². The van der Waals surface area contributed by atoms with Gasteiger partial charge in [0, 0.05) is 24.8 Å². The Morgan fingerprint density at radius 2 is 1.70 bits per heavy atom. The van der Waals surface area contributed by atoms with Gasteiger partial charge < -0.3 is 34.3 Å². The molecule has 2 aliphatic rings. The average Bonchev–Trinajstić information content (AvgIpc) is 3.06. The van der Waals surface area contributed by atoms with E-state index >= 15 is 0 Å². The van der Waals surface area contributed by atoms with Gasteiger partial charge in [-0.2, -0.15) is 0 Å². The summed E-state index contributed by atoms with van der Waals surface area (Å²) >= 11 is 0. The Labute approximate surface area is 270 Å². The molecule has 1 aliphatic heterocycles. The zero-order chi connectivity index (χ0) is 32.6. The maximum Gasteiger partial charge on any atom is 0.303 e. The molecule has 0 spiro atoms. The van der Waals surface area contributed by atoms with Crippen molar-refractivity contribution < 1.29 is 43.9 Å². The minimum atomic E-state index is -0.869. The fourth-order valence-corrected chi connectivity index (χ4v) is 5.43. The first kappa shape index (κ1) is 34.4. The van der Waals surface area contributed by atoms with Gasteiger partial charge in [-0.15, -0.1) is 0 Å². The number of carboxylic acid groups (broad SMARTS) is 2. The van der Waals surface area contributed by atoms with E-state index in [2.05, 4.69) is 18.2 Å².